The zero-order valence-electron chi connectivity index (χ0n) is 10.3. The molecule has 3 nitrogen and oxygen atoms in total. The van der Waals surface area contributed by atoms with Crippen molar-refractivity contribution in [1.82, 2.24) is 5.43 Å². The monoisotopic (exact) mass is 294 g/mol. The molecule has 0 aliphatic carbocycles. The van der Waals surface area contributed by atoms with Gasteiger partial charge in [0.2, 0.25) is 0 Å². The molecule has 1 aromatic carbocycles. The molecule has 0 fully saturated rings. The second-order valence-electron chi connectivity index (χ2n) is 3.31. The third-order valence-electron chi connectivity index (χ3n) is 1.87. The molecule has 106 valence electrons. The first-order valence-electron chi connectivity index (χ1n) is 5.12. The number of nitrogens with one attached hydrogen (secondary N) is 1. The second kappa shape index (κ2) is 7.68. The number of nitrogens with zero attached hydrogens (tertiary/aromatic N) is 1. The first-order chi connectivity index (χ1) is 8.79. The smallest absolute Gasteiger partial charge is 0.407 e. The predicted molar refractivity (Wildman–Crippen MR) is 70.6 cm³/mol. The van der Waals surface area contributed by atoms with E-state index in [2.05, 4.69) is 18.3 Å². The number of halogens is 4. The molecule has 2 N–H and O–H groups in total. The van der Waals surface area contributed by atoms with E-state index in [1.54, 1.807) is 0 Å². The van der Waals surface area contributed by atoms with Crippen LogP contribution >= 0.6 is 11.6 Å². The summed E-state index contributed by atoms with van der Waals surface area (Å²) < 4.78 is 35.5. The van der Waals surface area contributed by atoms with E-state index in [1.165, 1.54) is 25.1 Å². The first-order valence-corrected chi connectivity index (χ1v) is 5.50. The van der Waals surface area contributed by atoms with Crippen LogP contribution in [0.25, 0.3) is 0 Å². The molecule has 0 bridgehead atoms. The van der Waals surface area contributed by atoms with Crippen molar-refractivity contribution in [2.24, 2.45) is 5.10 Å². The minimum atomic E-state index is -4.33. The maximum absolute atomic E-state index is 11.8. The highest BCUT2D eigenvalue weighted by atomic mass is 35.5. The summed E-state index contributed by atoms with van der Waals surface area (Å²) in [6.07, 6.45) is -4.33. The maximum Gasteiger partial charge on any atom is 0.407 e. The van der Waals surface area contributed by atoms with E-state index in [-0.39, 0.29) is 17.0 Å². The van der Waals surface area contributed by atoms with Crippen molar-refractivity contribution in [3.05, 3.63) is 41.9 Å². The molecule has 0 unspecified atom stereocenters. The molecule has 0 amide bonds. The number of hydrogen-bond donors (Lipinski definition) is 2. The fourth-order valence-corrected chi connectivity index (χ4v) is 1.28. The largest absolute Gasteiger partial charge is 0.507 e. The van der Waals surface area contributed by atoms with Crippen LogP contribution in [0.3, 0.4) is 0 Å². The Balaban J connectivity index is 0.00000154. The lowest BCUT2D eigenvalue weighted by atomic mass is 10.1. The van der Waals surface area contributed by atoms with Crippen molar-refractivity contribution in [2.45, 2.75) is 13.1 Å². The van der Waals surface area contributed by atoms with Gasteiger partial charge in [-0.15, -0.1) is 13.2 Å². The molecule has 0 aromatic heterocycles. The van der Waals surface area contributed by atoms with Gasteiger partial charge in [0.1, 0.15) is 12.3 Å². The molecule has 19 heavy (non-hydrogen) atoms. The van der Waals surface area contributed by atoms with E-state index in [9.17, 15) is 18.3 Å². The predicted octanol–water partition coefficient (Wildman–Crippen LogP) is 3.72. The van der Waals surface area contributed by atoms with Gasteiger partial charge >= 0.3 is 6.18 Å². The fourth-order valence-electron chi connectivity index (χ4n) is 1.11. The summed E-state index contributed by atoms with van der Waals surface area (Å²) in [5.74, 6) is -0.0931. The van der Waals surface area contributed by atoms with Crippen LogP contribution in [-0.4, -0.2) is 23.5 Å². The quantitative estimate of drug-likeness (QED) is 0.507. The molecular weight excluding hydrogens is 281 g/mol. The van der Waals surface area contributed by atoms with E-state index in [0.29, 0.717) is 5.02 Å². The van der Waals surface area contributed by atoms with Crippen molar-refractivity contribution in [3.8, 4) is 5.75 Å². The molecule has 0 aliphatic rings. The third kappa shape index (κ3) is 6.71. The molecule has 7 heteroatoms. The van der Waals surface area contributed by atoms with Crippen LogP contribution in [0.15, 0.2) is 36.5 Å². The average Bonchev–Trinajstić information content (AvgIpc) is 2.33. The van der Waals surface area contributed by atoms with Crippen LogP contribution in [0.1, 0.15) is 12.5 Å². The van der Waals surface area contributed by atoms with Crippen LogP contribution in [-0.2, 0) is 0 Å². The summed E-state index contributed by atoms with van der Waals surface area (Å²) in [7, 11) is 0. The first kappa shape index (κ1) is 17.3. The van der Waals surface area contributed by atoms with Gasteiger partial charge in [0.25, 0.3) is 0 Å². The molecule has 0 atom stereocenters. The van der Waals surface area contributed by atoms with Crippen molar-refractivity contribution in [1.29, 1.82) is 0 Å². The summed E-state index contributed by atoms with van der Waals surface area (Å²) in [4.78, 5) is 0. The summed E-state index contributed by atoms with van der Waals surface area (Å²) in [5, 5.41) is 13.3. The number of benzene rings is 1. The number of phenolic OH excluding ortho intramolecular Hbond substituents is 1. The Morgan fingerprint density at radius 3 is 2.53 bits per heavy atom. The number of hydrazone groups is 1. The number of rotatable bonds is 3. The normalized spacial score (nSPS) is 11.5. The van der Waals surface area contributed by atoms with Crippen LogP contribution in [0.4, 0.5) is 13.2 Å². The Morgan fingerprint density at radius 2 is 2.00 bits per heavy atom. The molecule has 0 spiro atoms. The van der Waals surface area contributed by atoms with Crippen LogP contribution in [0.2, 0.25) is 5.02 Å². The number of aromatic hydroxyl groups is 1. The van der Waals surface area contributed by atoms with Crippen molar-refractivity contribution in [3.63, 3.8) is 0 Å². The zero-order chi connectivity index (χ0) is 15.1. The van der Waals surface area contributed by atoms with Gasteiger partial charge in [-0.05, 0) is 25.1 Å². The summed E-state index contributed by atoms with van der Waals surface area (Å²) in [5.41, 5.74) is 2.38. The fraction of sp³-hybridized carbons (Fsp3) is 0.250. The molecule has 0 aliphatic heterocycles. The van der Waals surface area contributed by atoms with Gasteiger partial charge < -0.3 is 10.5 Å². The van der Waals surface area contributed by atoms with Crippen LogP contribution < -0.4 is 5.43 Å². The molecule has 0 radical (unpaired) electrons. The average molecular weight is 295 g/mol. The molecular formula is C12H14ClF3N2O. The van der Waals surface area contributed by atoms with Crippen LogP contribution in [0, 0.1) is 0 Å². The van der Waals surface area contributed by atoms with E-state index in [4.69, 9.17) is 11.6 Å². The van der Waals surface area contributed by atoms with Gasteiger partial charge in [0, 0.05) is 10.6 Å². The number of phenols is 1. The number of hydrogen-bond acceptors (Lipinski definition) is 3. The third-order valence-corrected chi connectivity index (χ3v) is 2.11. The van der Waals surface area contributed by atoms with Crippen LogP contribution in [0.5, 0.6) is 5.75 Å². The second-order valence-corrected chi connectivity index (χ2v) is 3.75. The van der Waals surface area contributed by atoms with E-state index in [1.807, 2.05) is 5.43 Å². The maximum atomic E-state index is 11.8. The van der Waals surface area contributed by atoms with E-state index >= 15 is 0 Å². The molecule has 0 heterocycles. The molecule has 1 rings (SSSR count). The Morgan fingerprint density at radius 1 is 1.42 bits per heavy atom. The SMILES string of the molecule is C/C(=N\NCC(F)(F)F)c1cc(Cl)ccc1O.C=C. The highest BCUT2D eigenvalue weighted by Gasteiger charge is 2.26. The lowest BCUT2D eigenvalue weighted by molar-refractivity contribution is -0.124. The Bertz CT molecular complexity index is 447. The van der Waals surface area contributed by atoms with Crippen molar-refractivity contribution < 1.29 is 18.3 Å². The zero-order valence-corrected chi connectivity index (χ0v) is 11.0. The van der Waals surface area contributed by atoms with Crippen molar-refractivity contribution in [2.75, 3.05) is 6.54 Å². The summed E-state index contributed by atoms with van der Waals surface area (Å²) >= 11 is 5.70. The molecule has 1 aromatic rings. The Labute approximate surface area is 114 Å². The summed E-state index contributed by atoms with van der Waals surface area (Å²) in [6.45, 7) is 6.24. The van der Waals surface area contributed by atoms with Gasteiger partial charge in [0.05, 0.1) is 5.71 Å². The highest BCUT2D eigenvalue weighted by Crippen LogP contribution is 2.22. The van der Waals surface area contributed by atoms with Gasteiger partial charge in [0.15, 0.2) is 0 Å². The van der Waals surface area contributed by atoms with E-state index < -0.39 is 12.7 Å². The topological polar surface area (TPSA) is 44.6 Å². The van der Waals surface area contributed by atoms with E-state index in [0.717, 1.165) is 0 Å². The Hall–Kier alpha value is -1.69. The van der Waals surface area contributed by atoms with Gasteiger partial charge in [-0.3, -0.25) is 0 Å². The number of alkyl halides is 3. The lowest BCUT2D eigenvalue weighted by Crippen LogP contribution is -2.25. The summed E-state index contributed by atoms with van der Waals surface area (Å²) in [6, 6.07) is 4.24. The van der Waals surface area contributed by atoms with Crippen molar-refractivity contribution >= 4 is 17.3 Å². The molecule has 0 saturated carbocycles. The minimum absolute atomic E-state index is 0.0931. The highest BCUT2D eigenvalue weighted by molar-refractivity contribution is 6.31. The Kier molecular flexibility index (Phi) is 7.00. The van der Waals surface area contributed by atoms with Gasteiger partial charge in [-0.25, -0.2) is 0 Å². The molecule has 0 saturated heterocycles. The lowest BCUT2D eigenvalue weighted by Gasteiger charge is -2.07. The van der Waals surface area contributed by atoms with Gasteiger partial charge in [-0.1, -0.05) is 11.6 Å². The minimum Gasteiger partial charge on any atom is -0.507 e. The standard InChI is InChI=1S/C10H10ClF3N2O.C2H4/c1-6(16-15-5-10(12,13)14)8-4-7(11)2-3-9(8)17;1-2/h2-4,15,17H,5H2,1H3;1-2H2/b16-6+;. The van der Waals surface area contributed by atoms with Gasteiger partial charge in [-0.2, -0.15) is 18.3 Å².